The predicted octanol–water partition coefficient (Wildman–Crippen LogP) is 1.98. The molecule has 0 bridgehead atoms. The summed E-state index contributed by atoms with van der Waals surface area (Å²) in [4.78, 5) is 18.9. The Labute approximate surface area is 157 Å². The molecule has 2 rings (SSSR count). The quantitative estimate of drug-likeness (QED) is 0.490. The van der Waals surface area contributed by atoms with Crippen molar-refractivity contribution in [3.63, 3.8) is 0 Å². The number of hydrogen-bond donors (Lipinski definition) is 3. The second kappa shape index (κ2) is 10.8. The molecule has 1 unspecified atom stereocenters. The summed E-state index contributed by atoms with van der Waals surface area (Å²) < 4.78 is 0. The molecule has 1 fully saturated rings. The largest absolute Gasteiger partial charge is 0.355 e. The van der Waals surface area contributed by atoms with Crippen LogP contribution in [0.25, 0.3) is 0 Å². The highest BCUT2D eigenvalue weighted by atomic mass is 16.1. The monoisotopic (exact) mass is 359 g/mol. The lowest BCUT2D eigenvalue weighted by molar-refractivity contribution is 0.0953. The number of aliphatic imine (C=N–C) groups is 1. The molecule has 1 saturated heterocycles. The summed E-state index contributed by atoms with van der Waals surface area (Å²) in [6.07, 6.45) is 3.46. The zero-order valence-corrected chi connectivity index (χ0v) is 16.3. The maximum atomic E-state index is 12.1. The van der Waals surface area contributed by atoms with Crippen LogP contribution < -0.4 is 16.0 Å². The molecular weight excluding hydrogens is 326 g/mol. The third-order valence-corrected chi connectivity index (χ3v) is 4.82. The third-order valence-electron chi connectivity index (χ3n) is 4.82. The Morgan fingerprint density at radius 1 is 1.27 bits per heavy atom. The van der Waals surface area contributed by atoms with Gasteiger partial charge in [-0.05, 0) is 50.0 Å². The van der Waals surface area contributed by atoms with E-state index >= 15 is 0 Å². The number of rotatable bonds is 8. The van der Waals surface area contributed by atoms with Crippen LogP contribution in [0.5, 0.6) is 0 Å². The van der Waals surface area contributed by atoms with E-state index in [1.165, 1.54) is 19.4 Å². The molecular formula is C20H33N5O. The third kappa shape index (κ3) is 6.02. The molecule has 0 aliphatic carbocycles. The van der Waals surface area contributed by atoms with Crippen molar-refractivity contribution in [3.8, 4) is 0 Å². The highest BCUT2D eigenvalue weighted by Gasteiger charge is 2.22. The van der Waals surface area contributed by atoms with Crippen molar-refractivity contribution in [1.29, 1.82) is 0 Å². The van der Waals surface area contributed by atoms with Gasteiger partial charge in [0.1, 0.15) is 0 Å². The molecule has 0 aromatic heterocycles. The first-order valence-electron chi connectivity index (χ1n) is 9.73. The van der Waals surface area contributed by atoms with Gasteiger partial charge in [0, 0.05) is 38.3 Å². The lowest BCUT2D eigenvalue weighted by atomic mass is 10.1. The normalized spacial score (nSPS) is 18.0. The molecule has 1 heterocycles. The number of amides is 1. The van der Waals surface area contributed by atoms with Crippen molar-refractivity contribution in [2.45, 2.75) is 45.7 Å². The van der Waals surface area contributed by atoms with Gasteiger partial charge < -0.3 is 16.0 Å². The van der Waals surface area contributed by atoms with Gasteiger partial charge >= 0.3 is 0 Å². The number of likely N-dealkylation sites (N-methyl/N-ethyl adjacent to an activating group) is 1. The Bertz CT molecular complexity index is 602. The van der Waals surface area contributed by atoms with Gasteiger partial charge in [0.25, 0.3) is 5.91 Å². The fraction of sp³-hybridized carbons (Fsp3) is 0.600. The Balaban J connectivity index is 1.83. The smallest absolute Gasteiger partial charge is 0.251 e. The number of nitrogens with zero attached hydrogens (tertiary/aromatic N) is 2. The summed E-state index contributed by atoms with van der Waals surface area (Å²) in [5, 5.41) is 9.68. The van der Waals surface area contributed by atoms with Crippen LogP contribution in [0.3, 0.4) is 0 Å². The number of nitrogens with one attached hydrogen (secondary N) is 3. The summed E-state index contributed by atoms with van der Waals surface area (Å²) in [5.41, 5.74) is 1.76. The Morgan fingerprint density at radius 2 is 2.12 bits per heavy atom. The van der Waals surface area contributed by atoms with Crippen molar-refractivity contribution in [3.05, 3.63) is 35.4 Å². The first-order valence-corrected chi connectivity index (χ1v) is 9.73. The summed E-state index contributed by atoms with van der Waals surface area (Å²) in [5.74, 6) is 0.783. The van der Waals surface area contributed by atoms with Gasteiger partial charge in [-0.3, -0.25) is 14.7 Å². The lowest BCUT2D eigenvalue weighted by Gasteiger charge is -2.24. The van der Waals surface area contributed by atoms with E-state index in [9.17, 15) is 4.79 Å². The first-order chi connectivity index (χ1) is 12.7. The van der Waals surface area contributed by atoms with Crippen LogP contribution in [0.4, 0.5) is 0 Å². The maximum Gasteiger partial charge on any atom is 0.251 e. The van der Waals surface area contributed by atoms with Crippen LogP contribution in [0.2, 0.25) is 0 Å². The van der Waals surface area contributed by atoms with Crippen molar-refractivity contribution in [2.75, 3.05) is 33.2 Å². The lowest BCUT2D eigenvalue weighted by Crippen LogP contribution is -2.44. The Kier molecular flexibility index (Phi) is 8.41. The average molecular weight is 360 g/mol. The van der Waals surface area contributed by atoms with Crippen LogP contribution in [0.1, 0.15) is 49.0 Å². The van der Waals surface area contributed by atoms with E-state index in [2.05, 4.69) is 32.8 Å². The molecule has 1 amide bonds. The Morgan fingerprint density at radius 3 is 2.85 bits per heavy atom. The molecule has 144 valence electrons. The van der Waals surface area contributed by atoms with E-state index < -0.39 is 0 Å². The molecule has 3 N–H and O–H groups in total. The second-order valence-corrected chi connectivity index (χ2v) is 6.69. The highest BCUT2D eigenvalue weighted by molar-refractivity contribution is 5.94. The summed E-state index contributed by atoms with van der Waals surface area (Å²) in [7, 11) is 1.79. The molecule has 6 nitrogen and oxygen atoms in total. The van der Waals surface area contributed by atoms with Gasteiger partial charge in [0.2, 0.25) is 0 Å². The van der Waals surface area contributed by atoms with Gasteiger partial charge in [-0.25, -0.2) is 0 Å². The fourth-order valence-electron chi connectivity index (χ4n) is 3.33. The van der Waals surface area contributed by atoms with Crippen LogP contribution >= 0.6 is 0 Å². The van der Waals surface area contributed by atoms with Crippen molar-refractivity contribution in [1.82, 2.24) is 20.9 Å². The van der Waals surface area contributed by atoms with Gasteiger partial charge in [0.05, 0.1) is 0 Å². The Hall–Kier alpha value is -2.08. The SMILES string of the molecule is CCCNC(=O)c1cccc(CNC(=NC)NCC2CCCN2CC)c1. The van der Waals surface area contributed by atoms with Crippen LogP contribution in [-0.4, -0.2) is 56.0 Å². The zero-order valence-electron chi connectivity index (χ0n) is 16.3. The van der Waals surface area contributed by atoms with Gasteiger partial charge in [-0.2, -0.15) is 0 Å². The minimum atomic E-state index is -0.0166. The molecule has 1 aliphatic rings. The van der Waals surface area contributed by atoms with Crippen LogP contribution in [-0.2, 0) is 6.54 Å². The van der Waals surface area contributed by atoms with Gasteiger partial charge in [0.15, 0.2) is 5.96 Å². The van der Waals surface area contributed by atoms with E-state index in [-0.39, 0.29) is 5.91 Å². The minimum Gasteiger partial charge on any atom is -0.355 e. The topological polar surface area (TPSA) is 68.8 Å². The van der Waals surface area contributed by atoms with Gasteiger partial charge in [-0.15, -0.1) is 0 Å². The maximum absolute atomic E-state index is 12.1. The number of likely N-dealkylation sites (tertiary alicyclic amines) is 1. The predicted molar refractivity (Wildman–Crippen MR) is 108 cm³/mol. The van der Waals surface area contributed by atoms with E-state index in [1.54, 1.807) is 7.05 Å². The number of carbonyl (C=O) groups excluding carboxylic acids is 1. The fourth-order valence-corrected chi connectivity index (χ4v) is 3.33. The summed E-state index contributed by atoms with van der Waals surface area (Å²) >= 11 is 0. The zero-order chi connectivity index (χ0) is 18.8. The van der Waals surface area contributed by atoms with Crippen molar-refractivity contribution >= 4 is 11.9 Å². The summed E-state index contributed by atoms with van der Waals surface area (Å²) in [6.45, 7) is 8.81. The molecule has 0 saturated carbocycles. The molecule has 6 heteroatoms. The van der Waals surface area contributed by atoms with Gasteiger partial charge in [-0.1, -0.05) is 26.0 Å². The first kappa shape index (κ1) is 20.2. The molecule has 0 spiro atoms. The molecule has 1 aromatic carbocycles. The average Bonchev–Trinajstić information content (AvgIpc) is 3.14. The van der Waals surface area contributed by atoms with Crippen LogP contribution in [0.15, 0.2) is 29.3 Å². The number of guanidine groups is 1. The summed E-state index contributed by atoms with van der Waals surface area (Å²) in [6, 6.07) is 8.31. The van der Waals surface area contributed by atoms with Crippen molar-refractivity contribution in [2.24, 2.45) is 4.99 Å². The van der Waals surface area contributed by atoms with E-state index in [0.717, 1.165) is 31.0 Å². The molecule has 1 atom stereocenters. The molecule has 1 aromatic rings. The molecule has 26 heavy (non-hydrogen) atoms. The molecule has 1 aliphatic heterocycles. The van der Waals surface area contributed by atoms with Crippen LogP contribution in [0, 0.1) is 0 Å². The highest BCUT2D eigenvalue weighted by Crippen LogP contribution is 2.15. The van der Waals surface area contributed by atoms with E-state index in [1.807, 2.05) is 31.2 Å². The van der Waals surface area contributed by atoms with Crippen molar-refractivity contribution < 1.29 is 4.79 Å². The number of hydrogen-bond acceptors (Lipinski definition) is 3. The number of benzene rings is 1. The standard InChI is InChI=1S/C20H33N5O/c1-4-11-22-19(26)17-9-6-8-16(13-17)14-23-20(21-3)24-15-18-10-7-12-25(18)5-2/h6,8-9,13,18H,4-5,7,10-12,14-15H2,1-3H3,(H,22,26)(H2,21,23,24). The van der Waals surface area contributed by atoms with E-state index in [4.69, 9.17) is 0 Å². The minimum absolute atomic E-state index is 0.0166. The number of carbonyl (C=O) groups is 1. The molecule has 0 radical (unpaired) electrons. The van der Waals surface area contributed by atoms with E-state index in [0.29, 0.717) is 24.7 Å². The second-order valence-electron chi connectivity index (χ2n) is 6.69.